The van der Waals surface area contributed by atoms with E-state index in [-0.39, 0.29) is 0 Å². The van der Waals surface area contributed by atoms with Crippen molar-refractivity contribution in [2.75, 3.05) is 14.1 Å². The maximum absolute atomic E-state index is 12.5. The van der Waals surface area contributed by atoms with Crippen LogP contribution < -0.4 is 0 Å². The van der Waals surface area contributed by atoms with Crippen LogP contribution >= 0.6 is 0 Å². The van der Waals surface area contributed by atoms with Crippen molar-refractivity contribution in [3.05, 3.63) is 35.9 Å². The maximum Gasteiger partial charge on any atom is 0.313 e. The van der Waals surface area contributed by atoms with Gasteiger partial charge in [0.25, 0.3) is 0 Å². The molecular weight excluding hydrogens is 306 g/mol. The molecule has 0 aliphatic rings. The molecule has 0 atom stereocenters. The van der Waals surface area contributed by atoms with Crippen LogP contribution in [0.1, 0.15) is 89.5 Å². The molecule has 2 nitrogen and oxygen atoms in total. The summed E-state index contributed by atoms with van der Waals surface area (Å²) in [5.74, 6) is 0.361. The third-order valence-electron chi connectivity index (χ3n) is 5.09. The predicted octanol–water partition coefficient (Wildman–Crippen LogP) is 6.49. The van der Waals surface area contributed by atoms with Gasteiger partial charge in [0.1, 0.15) is 6.54 Å². The number of benzene rings is 1. The first-order valence-corrected chi connectivity index (χ1v) is 10.5. The average Bonchev–Trinajstić information content (AvgIpc) is 2.60. The first kappa shape index (κ1) is 21.9. The second-order valence-corrected chi connectivity index (χ2v) is 8.01. The van der Waals surface area contributed by atoms with Crippen molar-refractivity contribution in [3.63, 3.8) is 0 Å². The fourth-order valence-electron chi connectivity index (χ4n) is 3.37. The van der Waals surface area contributed by atoms with E-state index >= 15 is 0 Å². The number of rotatable bonds is 14. The van der Waals surface area contributed by atoms with Crippen molar-refractivity contribution < 1.29 is 9.28 Å². The first-order valence-electron chi connectivity index (χ1n) is 10.5. The van der Waals surface area contributed by atoms with Gasteiger partial charge in [0.2, 0.25) is 0 Å². The van der Waals surface area contributed by atoms with Crippen LogP contribution in [0.5, 0.6) is 0 Å². The topological polar surface area (TPSA) is 17.1 Å². The third kappa shape index (κ3) is 10.4. The molecule has 0 aliphatic heterocycles. The molecule has 142 valence electrons. The molecule has 25 heavy (non-hydrogen) atoms. The van der Waals surface area contributed by atoms with Crippen molar-refractivity contribution in [2.45, 2.75) is 90.5 Å². The average molecular weight is 347 g/mol. The van der Waals surface area contributed by atoms with Crippen LogP contribution in [0, 0.1) is 0 Å². The van der Waals surface area contributed by atoms with Gasteiger partial charge in [-0.2, -0.15) is 0 Å². The van der Waals surface area contributed by atoms with Crippen molar-refractivity contribution in [1.29, 1.82) is 0 Å². The second kappa shape index (κ2) is 13.1. The van der Waals surface area contributed by atoms with Gasteiger partial charge in [0, 0.05) is 5.56 Å². The Hall–Kier alpha value is -1.15. The van der Waals surface area contributed by atoms with Gasteiger partial charge in [-0.15, -0.1) is 0 Å². The van der Waals surface area contributed by atoms with Crippen molar-refractivity contribution >= 4 is 5.91 Å². The molecule has 1 aromatic carbocycles. The first-order chi connectivity index (χ1) is 12.1. The van der Waals surface area contributed by atoms with Crippen LogP contribution in [0.2, 0.25) is 0 Å². The minimum Gasteiger partial charge on any atom is -0.262 e. The Kier molecular flexibility index (Phi) is 11.5. The molecule has 0 saturated carbocycles. The van der Waals surface area contributed by atoms with E-state index in [0.29, 0.717) is 10.4 Å². The number of carbonyl (C=O) groups excluding carboxylic acids is 1. The molecule has 1 rings (SSSR count). The van der Waals surface area contributed by atoms with Gasteiger partial charge in [-0.3, -0.25) is 4.48 Å². The Morgan fingerprint density at radius 3 is 1.76 bits per heavy atom. The highest BCUT2D eigenvalue weighted by Crippen LogP contribution is 2.15. The van der Waals surface area contributed by atoms with E-state index in [2.05, 4.69) is 19.1 Å². The SMILES string of the molecule is CCCCCCCCCCCCCC(=O)[N+](C)(C)Cc1ccccc1. The monoisotopic (exact) mass is 346 g/mol. The summed E-state index contributed by atoms with van der Waals surface area (Å²) in [5.41, 5.74) is 1.24. The van der Waals surface area contributed by atoms with Crippen molar-refractivity contribution in [3.8, 4) is 0 Å². The Morgan fingerprint density at radius 1 is 0.760 bits per heavy atom. The van der Waals surface area contributed by atoms with Gasteiger partial charge in [-0.25, -0.2) is 4.79 Å². The summed E-state index contributed by atoms with van der Waals surface area (Å²) in [4.78, 5) is 12.5. The lowest BCUT2D eigenvalue weighted by Gasteiger charge is -2.27. The zero-order valence-electron chi connectivity index (χ0n) is 16.9. The minimum atomic E-state index is 0.361. The van der Waals surface area contributed by atoms with E-state index < -0.39 is 0 Å². The summed E-state index contributed by atoms with van der Waals surface area (Å²) in [5, 5.41) is 0. The van der Waals surface area contributed by atoms with E-state index in [1.807, 2.05) is 32.3 Å². The lowest BCUT2D eigenvalue weighted by molar-refractivity contribution is -0.828. The number of hydrogen-bond donors (Lipinski definition) is 0. The number of carbonyl (C=O) groups is 1. The summed E-state index contributed by atoms with van der Waals surface area (Å²) in [7, 11) is 4.07. The molecule has 0 radical (unpaired) electrons. The number of hydrogen-bond acceptors (Lipinski definition) is 1. The van der Waals surface area contributed by atoms with Crippen LogP contribution in [-0.2, 0) is 11.3 Å². The smallest absolute Gasteiger partial charge is 0.262 e. The molecule has 1 amide bonds. The summed E-state index contributed by atoms with van der Waals surface area (Å²) in [6.07, 6.45) is 15.3. The summed E-state index contributed by atoms with van der Waals surface area (Å²) in [6, 6.07) is 10.3. The van der Waals surface area contributed by atoms with Crippen LogP contribution in [-0.4, -0.2) is 24.5 Å². The van der Waals surface area contributed by atoms with Gasteiger partial charge < -0.3 is 0 Å². The van der Waals surface area contributed by atoms with E-state index in [1.165, 1.54) is 69.8 Å². The zero-order chi connectivity index (χ0) is 18.4. The van der Waals surface area contributed by atoms with Crippen LogP contribution in [0.3, 0.4) is 0 Å². The number of nitrogens with zero attached hydrogens (tertiary/aromatic N) is 1. The third-order valence-corrected chi connectivity index (χ3v) is 5.09. The molecular formula is C23H40NO+. The van der Waals surface area contributed by atoms with Crippen LogP contribution in [0.4, 0.5) is 0 Å². The van der Waals surface area contributed by atoms with Gasteiger partial charge in [-0.05, 0) is 6.42 Å². The molecule has 0 heterocycles. The van der Waals surface area contributed by atoms with E-state index in [1.54, 1.807) is 0 Å². The lowest BCUT2D eigenvalue weighted by Crippen LogP contribution is -2.44. The predicted molar refractivity (Wildman–Crippen MR) is 108 cm³/mol. The highest BCUT2D eigenvalue weighted by molar-refractivity contribution is 5.68. The van der Waals surface area contributed by atoms with Crippen LogP contribution in [0.25, 0.3) is 0 Å². The fraction of sp³-hybridized carbons (Fsp3) is 0.696. The highest BCUT2D eigenvalue weighted by Gasteiger charge is 2.25. The minimum absolute atomic E-state index is 0.361. The number of unbranched alkanes of at least 4 members (excludes halogenated alkanes) is 10. The summed E-state index contributed by atoms with van der Waals surface area (Å²) < 4.78 is 0.460. The Bertz CT molecular complexity index is 452. The number of amides is 1. The Morgan fingerprint density at radius 2 is 1.24 bits per heavy atom. The van der Waals surface area contributed by atoms with Crippen LogP contribution in [0.15, 0.2) is 30.3 Å². The molecule has 0 fully saturated rings. The largest absolute Gasteiger partial charge is 0.313 e. The summed E-state index contributed by atoms with van der Waals surface area (Å²) in [6.45, 7) is 3.06. The fourth-order valence-corrected chi connectivity index (χ4v) is 3.37. The van der Waals surface area contributed by atoms with Gasteiger partial charge in [0.05, 0.1) is 20.5 Å². The molecule has 0 spiro atoms. The molecule has 0 saturated heterocycles. The highest BCUT2D eigenvalue weighted by atomic mass is 16.2. The van der Waals surface area contributed by atoms with Crippen molar-refractivity contribution in [2.24, 2.45) is 0 Å². The Labute approximate surface area is 156 Å². The standard InChI is InChI=1S/C23H40NO/c1-4-5-6-7-8-9-10-11-12-13-17-20-23(25)24(2,3)21-22-18-15-14-16-19-22/h14-16,18-19H,4-13,17,20-21H2,1-3H3/q+1. The van der Waals surface area contributed by atoms with E-state index in [4.69, 9.17) is 0 Å². The summed E-state index contributed by atoms with van der Waals surface area (Å²) >= 11 is 0. The molecule has 0 bridgehead atoms. The molecule has 0 aliphatic carbocycles. The molecule has 2 heteroatoms. The van der Waals surface area contributed by atoms with Gasteiger partial charge >= 0.3 is 5.91 Å². The quantitative estimate of drug-likeness (QED) is 0.278. The van der Waals surface area contributed by atoms with E-state index in [0.717, 1.165) is 19.4 Å². The molecule has 0 N–H and O–H groups in total. The second-order valence-electron chi connectivity index (χ2n) is 8.01. The number of quaternary nitrogens is 1. The normalized spacial score (nSPS) is 11.6. The van der Waals surface area contributed by atoms with Crippen molar-refractivity contribution in [1.82, 2.24) is 0 Å². The molecule has 0 aromatic heterocycles. The lowest BCUT2D eigenvalue weighted by atomic mass is 10.0. The van der Waals surface area contributed by atoms with E-state index in [9.17, 15) is 4.79 Å². The maximum atomic E-state index is 12.5. The Balaban J connectivity index is 2.04. The molecule has 0 unspecified atom stereocenters. The zero-order valence-corrected chi connectivity index (χ0v) is 16.9. The van der Waals surface area contributed by atoms with Gasteiger partial charge in [0.15, 0.2) is 0 Å². The van der Waals surface area contributed by atoms with Gasteiger partial charge in [-0.1, -0.05) is 101 Å². The molecule has 1 aromatic rings.